The molecule has 0 saturated carbocycles. The predicted molar refractivity (Wildman–Crippen MR) is 118 cm³/mol. The molecule has 4 rings (SSSR count). The number of hydrogen-bond donors (Lipinski definition) is 1. The number of nitrogens with one attached hydrogen (secondary N) is 1. The fourth-order valence-electron chi connectivity index (χ4n) is 3.56. The van der Waals surface area contributed by atoms with Gasteiger partial charge >= 0.3 is 0 Å². The SMILES string of the molecule is CC(C)Oc1ccc(CNC(=O)[C@H]2CCCN(c3nnc(-n4cccc4)s3)C2)cc1. The summed E-state index contributed by atoms with van der Waals surface area (Å²) in [7, 11) is 0. The van der Waals surface area contributed by atoms with Gasteiger partial charge in [-0.05, 0) is 56.5 Å². The number of nitrogens with zero attached hydrogens (tertiary/aromatic N) is 4. The van der Waals surface area contributed by atoms with Crippen LogP contribution in [0.4, 0.5) is 5.13 Å². The summed E-state index contributed by atoms with van der Waals surface area (Å²) in [6.45, 7) is 6.11. The lowest BCUT2D eigenvalue weighted by Crippen LogP contribution is -2.43. The number of carbonyl (C=O) groups excluding carboxylic acids is 1. The summed E-state index contributed by atoms with van der Waals surface area (Å²) >= 11 is 1.55. The fourth-order valence-corrected chi connectivity index (χ4v) is 4.41. The maximum Gasteiger partial charge on any atom is 0.225 e. The Hall–Kier alpha value is -2.87. The summed E-state index contributed by atoms with van der Waals surface area (Å²) in [5.74, 6) is 0.901. The smallest absolute Gasteiger partial charge is 0.225 e. The van der Waals surface area contributed by atoms with Crippen LogP contribution in [-0.4, -0.2) is 39.9 Å². The summed E-state index contributed by atoms with van der Waals surface area (Å²) in [6.07, 6.45) is 5.93. The molecule has 8 heteroatoms. The maximum atomic E-state index is 12.8. The highest BCUT2D eigenvalue weighted by Gasteiger charge is 2.27. The number of carbonyl (C=O) groups is 1. The molecule has 3 heterocycles. The number of ether oxygens (including phenoxy) is 1. The van der Waals surface area contributed by atoms with Gasteiger partial charge in [0.05, 0.1) is 12.0 Å². The van der Waals surface area contributed by atoms with Crippen molar-refractivity contribution < 1.29 is 9.53 Å². The van der Waals surface area contributed by atoms with E-state index < -0.39 is 0 Å². The molecule has 7 nitrogen and oxygen atoms in total. The molecule has 3 aromatic rings. The Labute approximate surface area is 180 Å². The van der Waals surface area contributed by atoms with Gasteiger partial charge in [-0.15, -0.1) is 10.2 Å². The van der Waals surface area contributed by atoms with Gasteiger partial charge in [0.25, 0.3) is 0 Å². The summed E-state index contributed by atoms with van der Waals surface area (Å²) in [4.78, 5) is 14.9. The first-order valence-corrected chi connectivity index (χ1v) is 11.2. The normalized spacial score (nSPS) is 16.6. The Bertz CT molecular complexity index is 952. The van der Waals surface area contributed by atoms with Crippen LogP contribution in [0.25, 0.3) is 5.13 Å². The maximum absolute atomic E-state index is 12.8. The van der Waals surface area contributed by atoms with Crippen LogP contribution in [0.3, 0.4) is 0 Å². The van der Waals surface area contributed by atoms with Crippen LogP contribution in [0.15, 0.2) is 48.8 Å². The topological polar surface area (TPSA) is 72.3 Å². The monoisotopic (exact) mass is 425 g/mol. The predicted octanol–water partition coefficient (Wildman–Crippen LogP) is 3.65. The molecule has 2 aromatic heterocycles. The molecule has 1 aliphatic rings. The third kappa shape index (κ3) is 4.99. The van der Waals surface area contributed by atoms with E-state index in [2.05, 4.69) is 20.4 Å². The highest BCUT2D eigenvalue weighted by atomic mass is 32.1. The Morgan fingerprint density at radius 3 is 2.67 bits per heavy atom. The van der Waals surface area contributed by atoms with Gasteiger partial charge in [-0.2, -0.15) is 0 Å². The zero-order valence-corrected chi connectivity index (χ0v) is 18.1. The van der Waals surface area contributed by atoms with Crippen LogP contribution in [-0.2, 0) is 11.3 Å². The minimum absolute atomic E-state index is 0.0405. The van der Waals surface area contributed by atoms with Crippen molar-refractivity contribution in [1.29, 1.82) is 0 Å². The Morgan fingerprint density at radius 1 is 1.20 bits per heavy atom. The molecule has 1 aliphatic heterocycles. The molecule has 1 fully saturated rings. The molecule has 30 heavy (non-hydrogen) atoms. The van der Waals surface area contributed by atoms with Crippen LogP contribution < -0.4 is 15.0 Å². The largest absolute Gasteiger partial charge is 0.491 e. The van der Waals surface area contributed by atoms with Gasteiger partial charge in [-0.1, -0.05) is 23.5 Å². The van der Waals surface area contributed by atoms with Gasteiger partial charge < -0.3 is 15.0 Å². The number of rotatable bonds is 7. The second-order valence-electron chi connectivity index (χ2n) is 7.77. The van der Waals surface area contributed by atoms with Crippen molar-refractivity contribution in [3.8, 4) is 10.9 Å². The molecule has 0 spiro atoms. The third-order valence-electron chi connectivity index (χ3n) is 5.05. The van der Waals surface area contributed by atoms with Crippen molar-refractivity contribution in [3.63, 3.8) is 0 Å². The van der Waals surface area contributed by atoms with E-state index in [0.717, 1.165) is 41.0 Å². The van der Waals surface area contributed by atoms with Gasteiger partial charge in [-0.3, -0.25) is 9.36 Å². The number of benzene rings is 1. The number of aromatic nitrogens is 3. The van der Waals surface area contributed by atoms with E-state index >= 15 is 0 Å². The Morgan fingerprint density at radius 2 is 1.93 bits per heavy atom. The van der Waals surface area contributed by atoms with E-state index in [0.29, 0.717) is 13.1 Å². The second-order valence-corrected chi connectivity index (χ2v) is 8.71. The van der Waals surface area contributed by atoms with E-state index in [1.807, 2.05) is 67.2 Å². The average molecular weight is 426 g/mol. The van der Waals surface area contributed by atoms with E-state index in [-0.39, 0.29) is 17.9 Å². The number of anilines is 1. The molecule has 1 N–H and O–H groups in total. The van der Waals surface area contributed by atoms with Crippen LogP contribution in [0.5, 0.6) is 5.75 Å². The highest BCUT2D eigenvalue weighted by molar-refractivity contribution is 7.17. The fraction of sp³-hybridized carbons (Fsp3) is 0.409. The van der Waals surface area contributed by atoms with Gasteiger partial charge in [0.2, 0.25) is 16.2 Å². The summed E-state index contributed by atoms with van der Waals surface area (Å²) in [5.41, 5.74) is 1.06. The lowest BCUT2D eigenvalue weighted by atomic mass is 9.97. The highest BCUT2D eigenvalue weighted by Crippen LogP contribution is 2.28. The number of piperidine rings is 1. The van der Waals surface area contributed by atoms with Crippen LogP contribution >= 0.6 is 11.3 Å². The van der Waals surface area contributed by atoms with Crippen molar-refractivity contribution in [1.82, 2.24) is 20.1 Å². The van der Waals surface area contributed by atoms with E-state index in [1.165, 1.54) is 0 Å². The molecular weight excluding hydrogens is 398 g/mol. The van der Waals surface area contributed by atoms with Crippen LogP contribution in [0.1, 0.15) is 32.3 Å². The zero-order chi connectivity index (χ0) is 20.9. The van der Waals surface area contributed by atoms with Gasteiger partial charge in [0.15, 0.2) is 0 Å². The lowest BCUT2D eigenvalue weighted by Gasteiger charge is -2.31. The molecule has 1 saturated heterocycles. The molecule has 1 atom stereocenters. The van der Waals surface area contributed by atoms with Crippen LogP contribution in [0, 0.1) is 5.92 Å². The van der Waals surface area contributed by atoms with Crippen molar-refractivity contribution in [2.75, 3.05) is 18.0 Å². The van der Waals surface area contributed by atoms with Crippen LogP contribution in [0.2, 0.25) is 0 Å². The molecular formula is C22H27N5O2S. The minimum Gasteiger partial charge on any atom is -0.491 e. The number of hydrogen-bond acceptors (Lipinski definition) is 6. The Balaban J connectivity index is 1.31. The minimum atomic E-state index is -0.0405. The quantitative estimate of drug-likeness (QED) is 0.626. The second kappa shape index (κ2) is 9.30. The first kappa shape index (κ1) is 20.4. The summed E-state index contributed by atoms with van der Waals surface area (Å²) < 4.78 is 7.62. The first-order valence-electron chi connectivity index (χ1n) is 10.3. The van der Waals surface area contributed by atoms with Crippen molar-refractivity contribution in [2.45, 2.75) is 39.3 Å². The van der Waals surface area contributed by atoms with E-state index in [4.69, 9.17) is 4.74 Å². The standard InChI is InChI=1S/C22H27N5O2S/c1-16(2)29-19-9-7-17(8-10-19)14-23-20(28)18-6-5-13-27(15-18)22-25-24-21(30-22)26-11-3-4-12-26/h3-4,7-12,16,18H,5-6,13-15H2,1-2H3,(H,23,28)/t18-/m0/s1. The molecule has 0 bridgehead atoms. The molecule has 1 aromatic carbocycles. The Kier molecular flexibility index (Phi) is 6.32. The third-order valence-corrected chi connectivity index (χ3v) is 6.05. The van der Waals surface area contributed by atoms with Crippen molar-refractivity contribution in [3.05, 3.63) is 54.4 Å². The number of amides is 1. The van der Waals surface area contributed by atoms with Crippen molar-refractivity contribution >= 4 is 22.4 Å². The zero-order valence-electron chi connectivity index (χ0n) is 17.3. The lowest BCUT2D eigenvalue weighted by molar-refractivity contribution is -0.125. The van der Waals surface area contributed by atoms with E-state index in [1.54, 1.807) is 11.3 Å². The summed E-state index contributed by atoms with van der Waals surface area (Å²) in [5, 5.41) is 13.4. The van der Waals surface area contributed by atoms with Gasteiger partial charge in [0, 0.05) is 32.0 Å². The molecule has 158 valence electrons. The average Bonchev–Trinajstić information content (AvgIpc) is 3.44. The summed E-state index contributed by atoms with van der Waals surface area (Å²) in [6, 6.07) is 11.8. The molecule has 0 unspecified atom stereocenters. The van der Waals surface area contributed by atoms with Crippen molar-refractivity contribution in [2.24, 2.45) is 5.92 Å². The molecule has 0 radical (unpaired) electrons. The van der Waals surface area contributed by atoms with Gasteiger partial charge in [-0.25, -0.2) is 0 Å². The van der Waals surface area contributed by atoms with Gasteiger partial charge in [0.1, 0.15) is 5.75 Å². The molecule has 0 aliphatic carbocycles. The molecule has 1 amide bonds. The first-order chi connectivity index (χ1) is 14.6. The van der Waals surface area contributed by atoms with E-state index in [9.17, 15) is 4.79 Å².